The summed E-state index contributed by atoms with van der Waals surface area (Å²) >= 11 is 0. The van der Waals surface area contributed by atoms with Gasteiger partial charge in [0.25, 0.3) is 0 Å². The third kappa shape index (κ3) is 1.79. The van der Waals surface area contributed by atoms with E-state index in [1.54, 1.807) is 0 Å². The summed E-state index contributed by atoms with van der Waals surface area (Å²) in [4.78, 5) is 34.1. The molecule has 3 N–H and O–H groups in total. The highest BCUT2D eigenvalue weighted by atomic mass is 16.6. The Hall–Kier alpha value is -1.15. The average Bonchev–Trinajstić information content (AvgIpc) is 2.53. The molecule has 0 saturated carbocycles. The molecule has 1 rings (SSSR count). The van der Waals surface area contributed by atoms with E-state index in [0.29, 0.717) is 0 Å². The van der Waals surface area contributed by atoms with E-state index in [1.165, 1.54) is 0 Å². The summed E-state index contributed by atoms with van der Waals surface area (Å²) < 4.78 is 4.92. The van der Waals surface area contributed by atoms with Crippen LogP contribution in [0.3, 0.4) is 0 Å². The van der Waals surface area contributed by atoms with Gasteiger partial charge in [-0.05, 0) is 20.8 Å². The fourth-order valence-electron chi connectivity index (χ4n) is 2.07. The van der Waals surface area contributed by atoms with E-state index in [9.17, 15) is 29.7 Å². The molecule has 1 aliphatic rings. The zero-order chi connectivity index (χ0) is 14.3. The van der Waals surface area contributed by atoms with Gasteiger partial charge in [0.15, 0.2) is 28.6 Å². The lowest BCUT2D eigenvalue weighted by molar-refractivity contribution is -0.180. The minimum Gasteiger partial charge on any atom is -0.382 e. The van der Waals surface area contributed by atoms with Crippen LogP contribution in [0, 0.1) is 0 Å². The molecular formula is C11H16O7. The van der Waals surface area contributed by atoms with Crippen LogP contribution in [-0.4, -0.2) is 62.7 Å². The molecule has 7 nitrogen and oxygen atoms in total. The van der Waals surface area contributed by atoms with Crippen molar-refractivity contribution in [2.24, 2.45) is 0 Å². The molecule has 1 heterocycles. The fraction of sp³-hybridized carbons (Fsp3) is 0.727. The molecule has 7 heteroatoms. The summed E-state index contributed by atoms with van der Waals surface area (Å²) in [6.45, 7) is 2.31. The molecule has 0 aromatic heterocycles. The lowest BCUT2D eigenvalue weighted by Crippen LogP contribution is -2.67. The summed E-state index contributed by atoms with van der Waals surface area (Å²) in [5.41, 5.74) is -5.09. The molecule has 0 aromatic carbocycles. The second-order valence-electron chi connectivity index (χ2n) is 4.53. The first-order chi connectivity index (χ1) is 8.09. The summed E-state index contributed by atoms with van der Waals surface area (Å²) in [5, 5.41) is 30.0. The van der Waals surface area contributed by atoms with Crippen molar-refractivity contribution in [3.8, 4) is 0 Å². The molecule has 18 heavy (non-hydrogen) atoms. The van der Waals surface area contributed by atoms with Crippen molar-refractivity contribution in [3.63, 3.8) is 0 Å². The van der Waals surface area contributed by atoms with Gasteiger partial charge in [-0.2, -0.15) is 0 Å². The number of Topliss-reactive ketones (excluding diaryl/α,β-unsaturated/α-hetero) is 3. The number of hydrogen-bond donors (Lipinski definition) is 3. The third-order valence-corrected chi connectivity index (χ3v) is 3.34. The number of ether oxygens (including phenoxy) is 1. The van der Waals surface area contributed by atoms with E-state index in [4.69, 9.17) is 4.74 Å². The molecule has 0 aliphatic carbocycles. The van der Waals surface area contributed by atoms with Crippen LogP contribution >= 0.6 is 0 Å². The van der Waals surface area contributed by atoms with Crippen molar-refractivity contribution in [1.29, 1.82) is 0 Å². The number of carbonyl (C=O) groups is 3. The Kier molecular flexibility index (Phi) is 3.73. The largest absolute Gasteiger partial charge is 0.382 e. The summed E-state index contributed by atoms with van der Waals surface area (Å²) in [7, 11) is 0. The molecule has 1 unspecified atom stereocenters. The van der Waals surface area contributed by atoms with Crippen molar-refractivity contribution in [1.82, 2.24) is 0 Å². The van der Waals surface area contributed by atoms with E-state index >= 15 is 0 Å². The van der Waals surface area contributed by atoms with Crippen LogP contribution in [0.5, 0.6) is 0 Å². The highest BCUT2D eigenvalue weighted by Gasteiger charge is 2.68. The van der Waals surface area contributed by atoms with Gasteiger partial charge in [0.1, 0.15) is 12.2 Å². The first-order valence-corrected chi connectivity index (χ1v) is 5.36. The second kappa shape index (κ2) is 4.51. The minimum atomic E-state index is -2.64. The SMILES string of the molecule is CC(=O)C(O)[C@H]1OC[C@@](O)(C(C)=O)[C@@]1(O)C(C)=O. The Labute approximate surface area is 103 Å². The smallest absolute Gasteiger partial charge is 0.190 e. The highest BCUT2D eigenvalue weighted by Crippen LogP contribution is 2.38. The minimum absolute atomic E-state index is 0.659. The Bertz CT molecular complexity index is 404. The quantitative estimate of drug-likeness (QED) is 0.533. The van der Waals surface area contributed by atoms with Crippen LogP contribution in [0.4, 0.5) is 0 Å². The molecule has 0 radical (unpaired) electrons. The molecule has 1 aliphatic heterocycles. The van der Waals surface area contributed by atoms with E-state index in [0.717, 1.165) is 20.8 Å². The monoisotopic (exact) mass is 260 g/mol. The molecule has 0 aromatic rings. The molecule has 1 fully saturated rings. The van der Waals surface area contributed by atoms with E-state index < -0.39 is 47.4 Å². The van der Waals surface area contributed by atoms with Gasteiger partial charge < -0.3 is 20.1 Å². The van der Waals surface area contributed by atoms with Gasteiger partial charge in [-0.3, -0.25) is 14.4 Å². The van der Waals surface area contributed by atoms with Crippen LogP contribution in [0.25, 0.3) is 0 Å². The maximum atomic E-state index is 11.6. The summed E-state index contributed by atoms with van der Waals surface area (Å²) in [6.07, 6.45) is -3.46. The molecule has 1 saturated heterocycles. The molecule has 4 atom stereocenters. The molecular weight excluding hydrogens is 244 g/mol. The van der Waals surface area contributed by atoms with Gasteiger partial charge in [0.2, 0.25) is 0 Å². The summed E-state index contributed by atoms with van der Waals surface area (Å²) in [5.74, 6) is -2.58. The van der Waals surface area contributed by atoms with Gasteiger partial charge in [0.05, 0.1) is 6.61 Å². The maximum absolute atomic E-state index is 11.6. The van der Waals surface area contributed by atoms with Crippen LogP contribution in [0.1, 0.15) is 20.8 Å². The third-order valence-electron chi connectivity index (χ3n) is 3.34. The molecule has 0 amide bonds. The maximum Gasteiger partial charge on any atom is 0.190 e. The summed E-state index contributed by atoms with van der Waals surface area (Å²) in [6, 6.07) is 0. The topological polar surface area (TPSA) is 121 Å². The van der Waals surface area contributed by atoms with Gasteiger partial charge in [0, 0.05) is 0 Å². The zero-order valence-electron chi connectivity index (χ0n) is 10.3. The standard InChI is InChI=1S/C11H16O7/c1-5(12)8(15)9-11(17,7(3)14)10(16,4-18-9)6(2)13/h8-9,15-17H,4H2,1-3H3/t8?,9-,10-,11-/m1/s1. The van der Waals surface area contributed by atoms with Gasteiger partial charge in [-0.1, -0.05) is 0 Å². The Morgan fingerprint density at radius 3 is 2.00 bits per heavy atom. The number of rotatable bonds is 4. The predicted octanol–water partition coefficient (Wildman–Crippen LogP) is -2.02. The Morgan fingerprint density at radius 2 is 1.67 bits per heavy atom. The van der Waals surface area contributed by atoms with Crippen LogP contribution < -0.4 is 0 Å². The van der Waals surface area contributed by atoms with E-state index in [-0.39, 0.29) is 0 Å². The van der Waals surface area contributed by atoms with Crippen LogP contribution in [-0.2, 0) is 19.1 Å². The second-order valence-corrected chi connectivity index (χ2v) is 4.53. The van der Waals surface area contributed by atoms with Crippen molar-refractivity contribution in [2.45, 2.75) is 44.2 Å². The van der Waals surface area contributed by atoms with Crippen molar-refractivity contribution in [2.75, 3.05) is 6.61 Å². The number of hydrogen-bond acceptors (Lipinski definition) is 7. The first-order valence-electron chi connectivity index (χ1n) is 5.36. The lowest BCUT2D eigenvalue weighted by Gasteiger charge is -2.36. The van der Waals surface area contributed by atoms with E-state index in [2.05, 4.69) is 0 Å². The number of carbonyl (C=O) groups excluding carboxylic acids is 3. The fourth-order valence-corrected chi connectivity index (χ4v) is 2.07. The Balaban J connectivity index is 3.31. The molecule has 0 bridgehead atoms. The van der Waals surface area contributed by atoms with Crippen molar-refractivity contribution >= 4 is 17.3 Å². The highest BCUT2D eigenvalue weighted by molar-refractivity contribution is 5.99. The first kappa shape index (κ1) is 14.9. The van der Waals surface area contributed by atoms with Crippen molar-refractivity contribution in [3.05, 3.63) is 0 Å². The van der Waals surface area contributed by atoms with Crippen molar-refractivity contribution < 1.29 is 34.4 Å². The van der Waals surface area contributed by atoms with Gasteiger partial charge in [-0.25, -0.2) is 0 Å². The normalized spacial score (nSPS) is 37.3. The van der Waals surface area contributed by atoms with Crippen LogP contribution in [0.15, 0.2) is 0 Å². The average molecular weight is 260 g/mol. The Morgan fingerprint density at radius 1 is 1.17 bits per heavy atom. The number of aliphatic hydroxyl groups is 3. The van der Waals surface area contributed by atoms with Crippen LogP contribution in [0.2, 0.25) is 0 Å². The zero-order valence-corrected chi connectivity index (χ0v) is 10.3. The van der Waals surface area contributed by atoms with E-state index in [1.807, 2.05) is 0 Å². The molecule has 102 valence electrons. The number of aliphatic hydroxyl groups excluding tert-OH is 1. The number of ketones is 3. The lowest BCUT2D eigenvalue weighted by atomic mass is 9.74. The molecule has 0 spiro atoms. The van der Waals surface area contributed by atoms with Gasteiger partial charge in [-0.15, -0.1) is 0 Å². The van der Waals surface area contributed by atoms with Gasteiger partial charge >= 0.3 is 0 Å². The predicted molar refractivity (Wildman–Crippen MR) is 57.7 cm³/mol.